The van der Waals surface area contributed by atoms with E-state index in [0.29, 0.717) is 19.8 Å². The Morgan fingerprint density at radius 2 is 2.33 bits per heavy atom. The minimum absolute atomic E-state index is 0.0499. The lowest BCUT2D eigenvalue weighted by molar-refractivity contribution is -0.0712. The Morgan fingerprint density at radius 3 is 3.00 bits per heavy atom. The maximum Gasteiger partial charge on any atom is 0.0960 e. The van der Waals surface area contributed by atoms with Gasteiger partial charge >= 0.3 is 0 Å². The molecular formula is C8H17NO3. The average Bonchev–Trinajstić information content (AvgIpc) is 2.09. The minimum atomic E-state index is 0.0499. The summed E-state index contributed by atoms with van der Waals surface area (Å²) >= 11 is 0. The number of rotatable bonds is 4. The number of ether oxygens (including phenoxy) is 3. The molecule has 1 aliphatic heterocycles. The first-order valence-electron chi connectivity index (χ1n) is 4.28. The van der Waals surface area contributed by atoms with E-state index >= 15 is 0 Å². The van der Waals surface area contributed by atoms with Gasteiger partial charge in [-0.25, -0.2) is 0 Å². The third-order valence-corrected chi connectivity index (χ3v) is 1.97. The van der Waals surface area contributed by atoms with Crippen molar-refractivity contribution in [1.29, 1.82) is 0 Å². The molecule has 0 aromatic carbocycles. The quantitative estimate of drug-likeness (QED) is 0.599. The molecule has 72 valence electrons. The molecule has 1 saturated heterocycles. The third-order valence-electron chi connectivity index (χ3n) is 1.97. The van der Waals surface area contributed by atoms with Crippen LogP contribution in [0.2, 0.25) is 0 Å². The Labute approximate surface area is 73.0 Å². The van der Waals surface area contributed by atoms with Crippen LogP contribution in [0.1, 0.15) is 6.42 Å². The van der Waals surface area contributed by atoms with Crippen molar-refractivity contribution in [2.45, 2.75) is 18.6 Å². The zero-order valence-corrected chi connectivity index (χ0v) is 7.49. The first kappa shape index (κ1) is 9.92. The molecule has 1 heterocycles. The Kier molecular flexibility index (Phi) is 4.53. The summed E-state index contributed by atoms with van der Waals surface area (Å²) in [7, 11) is 1.65. The highest BCUT2D eigenvalue weighted by Crippen LogP contribution is 2.08. The van der Waals surface area contributed by atoms with E-state index in [9.17, 15) is 0 Å². The molecule has 4 heteroatoms. The fourth-order valence-corrected chi connectivity index (χ4v) is 1.18. The molecule has 0 bridgehead atoms. The Balaban J connectivity index is 2.11. The van der Waals surface area contributed by atoms with Gasteiger partial charge in [0.1, 0.15) is 0 Å². The van der Waals surface area contributed by atoms with Crippen LogP contribution >= 0.6 is 0 Å². The fraction of sp³-hybridized carbons (Fsp3) is 1.00. The molecule has 2 atom stereocenters. The second kappa shape index (κ2) is 5.48. The van der Waals surface area contributed by atoms with Gasteiger partial charge in [-0.3, -0.25) is 0 Å². The second-order valence-electron chi connectivity index (χ2n) is 2.93. The van der Waals surface area contributed by atoms with E-state index in [1.807, 2.05) is 0 Å². The second-order valence-corrected chi connectivity index (χ2v) is 2.93. The lowest BCUT2D eigenvalue weighted by atomic mass is 10.1. The first-order valence-corrected chi connectivity index (χ1v) is 4.28. The van der Waals surface area contributed by atoms with Crippen molar-refractivity contribution in [3.8, 4) is 0 Å². The normalized spacial score (nSPS) is 30.5. The molecule has 0 aromatic heterocycles. The van der Waals surface area contributed by atoms with Crippen molar-refractivity contribution >= 4 is 0 Å². The van der Waals surface area contributed by atoms with Gasteiger partial charge in [0.05, 0.1) is 25.9 Å². The first-order chi connectivity index (χ1) is 5.84. The molecule has 0 radical (unpaired) electrons. The minimum Gasteiger partial charge on any atom is -0.382 e. The van der Waals surface area contributed by atoms with Gasteiger partial charge in [-0.15, -0.1) is 0 Å². The predicted octanol–water partition coefficient (Wildman–Crippen LogP) is -0.234. The van der Waals surface area contributed by atoms with Gasteiger partial charge in [0.25, 0.3) is 0 Å². The molecule has 12 heavy (non-hydrogen) atoms. The van der Waals surface area contributed by atoms with E-state index in [1.54, 1.807) is 7.11 Å². The summed E-state index contributed by atoms with van der Waals surface area (Å²) < 4.78 is 15.6. The Morgan fingerprint density at radius 1 is 1.50 bits per heavy atom. The van der Waals surface area contributed by atoms with Gasteiger partial charge in [-0.1, -0.05) is 0 Å². The molecule has 2 N–H and O–H groups in total. The fourth-order valence-electron chi connectivity index (χ4n) is 1.18. The van der Waals surface area contributed by atoms with Crippen LogP contribution in [0.4, 0.5) is 0 Å². The predicted molar refractivity (Wildman–Crippen MR) is 45.0 cm³/mol. The lowest BCUT2D eigenvalue weighted by Crippen LogP contribution is -2.45. The highest BCUT2D eigenvalue weighted by molar-refractivity contribution is 4.76. The van der Waals surface area contributed by atoms with Crippen molar-refractivity contribution in [2.24, 2.45) is 5.73 Å². The molecule has 1 aliphatic rings. The van der Waals surface area contributed by atoms with Crippen LogP contribution in [-0.4, -0.2) is 45.7 Å². The third kappa shape index (κ3) is 3.06. The molecule has 1 fully saturated rings. The van der Waals surface area contributed by atoms with E-state index in [-0.39, 0.29) is 12.1 Å². The van der Waals surface area contributed by atoms with Gasteiger partial charge < -0.3 is 19.9 Å². The number of hydrogen-bond acceptors (Lipinski definition) is 4. The van der Waals surface area contributed by atoms with Gasteiger partial charge in [0.2, 0.25) is 0 Å². The van der Waals surface area contributed by atoms with Crippen LogP contribution in [0.25, 0.3) is 0 Å². The van der Waals surface area contributed by atoms with Crippen molar-refractivity contribution in [2.75, 3.05) is 33.5 Å². The van der Waals surface area contributed by atoms with E-state index in [1.165, 1.54) is 0 Å². The summed E-state index contributed by atoms with van der Waals surface area (Å²) in [6, 6.07) is 0.121. The van der Waals surface area contributed by atoms with E-state index in [4.69, 9.17) is 19.9 Å². The van der Waals surface area contributed by atoms with Crippen LogP contribution in [0.5, 0.6) is 0 Å². The summed E-state index contributed by atoms with van der Waals surface area (Å²) in [6.07, 6.45) is 0.936. The molecule has 0 saturated carbocycles. The highest BCUT2D eigenvalue weighted by atomic mass is 16.6. The number of methoxy groups -OCH3 is 1. The average molecular weight is 175 g/mol. The molecule has 1 rings (SSSR count). The maximum atomic E-state index is 5.82. The van der Waals surface area contributed by atoms with E-state index < -0.39 is 0 Å². The maximum absolute atomic E-state index is 5.82. The standard InChI is InChI=1S/C8H17NO3/c1-10-4-5-12-8-6-11-3-2-7(8)9/h7-8H,2-6,9H2,1H3/t7-,8-/m0/s1. The smallest absolute Gasteiger partial charge is 0.0960 e. The highest BCUT2D eigenvalue weighted by Gasteiger charge is 2.22. The van der Waals surface area contributed by atoms with E-state index in [0.717, 1.165) is 13.0 Å². The van der Waals surface area contributed by atoms with Crippen LogP contribution in [0.15, 0.2) is 0 Å². The molecule has 0 unspecified atom stereocenters. The lowest BCUT2D eigenvalue weighted by Gasteiger charge is -2.28. The molecule has 0 aromatic rings. The van der Waals surface area contributed by atoms with Gasteiger partial charge in [0, 0.05) is 19.8 Å². The molecule has 0 aliphatic carbocycles. The van der Waals surface area contributed by atoms with Gasteiger partial charge in [-0.2, -0.15) is 0 Å². The van der Waals surface area contributed by atoms with Gasteiger partial charge in [0.15, 0.2) is 0 Å². The molecule has 0 amide bonds. The summed E-state index contributed by atoms with van der Waals surface area (Å²) in [4.78, 5) is 0. The monoisotopic (exact) mass is 175 g/mol. The van der Waals surface area contributed by atoms with Crippen molar-refractivity contribution < 1.29 is 14.2 Å². The Bertz CT molecular complexity index is 121. The van der Waals surface area contributed by atoms with Crippen LogP contribution in [-0.2, 0) is 14.2 Å². The molecule has 4 nitrogen and oxygen atoms in total. The van der Waals surface area contributed by atoms with E-state index in [2.05, 4.69) is 0 Å². The SMILES string of the molecule is COCCO[C@H]1COCC[C@@H]1N. The van der Waals surface area contributed by atoms with Gasteiger partial charge in [-0.05, 0) is 6.42 Å². The molecular weight excluding hydrogens is 158 g/mol. The molecule has 0 spiro atoms. The van der Waals surface area contributed by atoms with Crippen LogP contribution in [0.3, 0.4) is 0 Å². The summed E-state index contributed by atoms with van der Waals surface area (Å²) in [5.74, 6) is 0. The largest absolute Gasteiger partial charge is 0.382 e. The topological polar surface area (TPSA) is 53.7 Å². The summed E-state index contributed by atoms with van der Waals surface area (Å²) in [5.41, 5.74) is 5.82. The van der Waals surface area contributed by atoms with Crippen molar-refractivity contribution in [1.82, 2.24) is 0 Å². The Hall–Kier alpha value is -0.160. The zero-order valence-electron chi connectivity index (χ0n) is 7.49. The van der Waals surface area contributed by atoms with Crippen molar-refractivity contribution in [3.05, 3.63) is 0 Å². The number of hydrogen-bond donors (Lipinski definition) is 1. The summed E-state index contributed by atoms with van der Waals surface area (Å²) in [5, 5.41) is 0. The van der Waals surface area contributed by atoms with Crippen LogP contribution in [0, 0.1) is 0 Å². The van der Waals surface area contributed by atoms with Crippen LogP contribution < -0.4 is 5.73 Å². The zero-order chi connectivity index (χ0) is 8.81. The summed E-state index contributed by atoms with van der Waals surface area (Å²) in [6.45, 7) is 2.58. The number of nitrogens with two attached hydrogens (primary N) is 1. The van der Waals surface area contributed by atoms with Crippen molar-refractivity contribution in [3.63, 3.8) is 0 Å².